The quantitative estimate of drug-likeness (QED) is 0.715. The fraction of sp³-hybridized carbons (Fsp3) is 0.700. The van der Waals surface area contributed by atoms with Gasteiger partial charge in [-0.25, -0.2) is 0 Å². The minimum atomic E-state index is -0.390. The van der Waals surface area contributed by atoms with Gasteiger partial charge in [0.05, 0.1) is 22.8 Å². The second-order valence-electron chi connectivity index (χ2n) is 8.73. The standard InChI is InChI=1S/C20H30BClO3/c1-14-7-6-8-15(11-14)13-23-18-12-16(9-10-17(18)22)21-24-19(2,3)20(4,5)25-21/h9-10,12,14-15H,6-8,11,13H2,1-5H3. The lowest BCUT2D eigenvalue weighted by atomic mass is 9.79. The van der Waals surface area contributed by atoms with E-state index in [1.165, 1.54) is 25.7 Å². The van der Waals surface area contributed by atoms with Crippen molar-refractivity contribution in [3.05, 3.63) is 23.2 Å². The fourth-order valence-electron chi connectivity index (χ4n) is 3.68. The summed E-state index contributed by atoms with van der Waals surface area (Å²) >= 11 is 6.35. The average Bonchev–Trinajstić information content (AvgIpc) is 2.75. The Bertz CT molecular complexity index is 601. The molecule has 5 heteroatoms. The van der Waals surface area contributed by atoms with Crippen LogP contribution in [0.3, 0.4) is 0 Å². The van der Waals surface area contributed by atoms with Gasteiger partial charge in [0, 0.05) is 0 Å². The molecule has 2 atom stereocenters. The maximum absolute atomic E-state index is 6.35. The number of ether oxygens (including phenoxy) is 1. The van der Waals surface area contributed by atoms with Crippen molar-refractivity contribution in [2.24, 2.45) is 11.8 Å². The van der Waals surface area contributed by atoms with E-state index in [-0.39, 0.29) is 18.3 Å². The molecule has 1 aliphatic heterocycles. The van der Waals surface area contributed by atoms with Crippen molar-refractivity contribution in [3.63, 3.8) is 0 Å². The Hall–Kier alpha value is -0.705. The van der Waals surface area contributed by atoms with Crippen LogP contribution in [0.25, 0.3) is 0 Å². The molecule has 1 saturated heterocycles. The number of hydrogen-bond donors (Lipinski definition) is 0. The van der Waals surface area contributed by atoms with Gasteiger partial charge in [0.2, 0.25) is 0 Å². The summed E-state index contributed by atoms with van der Waals surface area (Å²) in [6.07, 6.45) is 5.14. The normalized spacial score (nSPS) is 28.2. The molecular weight excluding hydrogens is 334 g/mol. The van der Waals surface area contributed by atoms with Gasteiger partial charge in [-0.3, -0.25) is 0 Å². The van der Waals surface area contributed by atoms with Gasteiger partial charge in [-0.05, 0) is 70.0 Å². The summed E-state index contributed by atoms with van der Waals surface area (Å²) < 4.78 is 18.4. The molecule has 3 rings (SSSR count). The molecule has 3 nitrogen and oxygen atoms in total. The van der Waals surface area contributed by atoms with Crippen LogP contribution in [-0.2, 0) is 9.31 Å². The summed E-state index contributed by atoms with van der Waals surface area (Å²) in [7, 11) is -0.390. The fourth-order valence-corrected chi connectivity index (χ4v) is 3.85. The molecule has 1 heterocycles. The van der Waals surface area contributed by atoms with Crippen LogP contribution in [0.4, 0.5) is 0 Å². The molecule has 2 unspecified atom stereocenters. The molecule has 1 saturated carbocycles. The monoisotopic (exact) mass is 364 g/mol. The van der Waals surface area contributed by atoms with Crippen LogP contribution < -0.4 is 10.2 Å². The Kier molecular flexibility index (Phi) is 5.44. The molecule has 0 aromatic heterocycles. The third kappa shape index (κ3) is 4.18. The van der Waals surface area contributed by atoms with Crippen molar-refractivity contribution in [1.29, 1.82) is 0 Å². The van der Waals surface area contributed by atoms with Gasteiger partial charge in [-0.15, -0.1) is 0 Å². The number of hydrogen-bond acceptors (Lipinski definition) is 3. The molecule has 1 aliphatic carbocycles. The molecule has 2 aliphatic rings. The first-order valence-electron chi connectivity index (χ1n) is 9.46. The van der Waals surface area contributed by atoms with Crippen LogP contribution >= 0.6 is 11.6 Å². The van der Waals surface area contributed by atoms with E-state index < -0.39 is 0 Å². The van der Waals surface area contributed by atoms with Crippen molar-refractivity contribution >= 4 is 24.2 Å². The Morgan fingerprint density at radius 1 is 1.16 bits per heavy atom. The van der Waals surface area contributed by atoms with E-state index in [4.69, 9.17) is 25.6 Å². The summed E-state index contributed by atoms with van der Waals surface area (Å²) in [5.74, 6) is 2.15. The van der Waals surface area contributed by atoms with Crippen molar-refractivity contribution in [1.82, 2.24) is 0 Å². The molecule has 1 aromatic carbocycles. The van der Waals surface area contributed by atoms with Gasteiger partial charge in [0.1, 0.15) is 5.75 Å². The van der Waals surface area contributed by atoms with E-state index >= 15 is 0 Å². The maximum Gasteiger partial charge on any atom is 0.494 e. The van der Waals surface area contributed by atoms with Crippen molar-refractivity contribution in [2.45, 2.75) is 71.5 Å². The molecule has 0 spiro atoms. The molecule has 0 bridgehead atoms. The van der Waals surface area contributed by atoms with Gasteiger partial charge in [-0.2, -0.15) is 0 Å². The average molecular weight is 365 g/mol. The number of halogens is 1. The highest BCUT2D eigenvalue weighted by Crippen LogP contribution is 2.37. The smallest absolute Gasteiger partial charge is 0.492 e. The molecule has 0 amide bonds. The Balaban J connectivity index is 1.69. The summed E-state index contributed by atoms with van der Waals surface area (Å²) in [5.41, 5.74) is 0.252. The highest BCUT2D eigenvalue weighted by atomic mass is 35.5. The summed E-state index contributed by atoms with van der Waals surface area (Å²) in [6.45, 7) is 11.3. The molecular formula is C20H30BClO3. The van der Waals surface area contributed by atoms with E-state index in [0.717, 1.165) is 23.7 Å². The molecule has 0 N–H and O–H groups in total. The Morgan fingerprint density at radius 3 is 2.48 bits per heavy atom. The van der Waals surface area contributed by atoms with Crippen molar-refractivity contribution in [3.8, 4) is 5.75 Å². The first-order valence-corrected chi connectivity index (χ1v) is 9.83. The van der Waals surface area contributed by atoms with Gasteiger partial charge in [0.15, 0.2) is 0 Å². The third-order valence-corrected chi connectivity index (χ3v) is 6.31. The first-order chi connectivity index (χ1) is 11.7. The molecule has 25 heavy (non-hydrogen) atoms. The minimum Gasteiger partial charge on any atom is -0.492 e. The van der Waals surface area contributed by atoms with Gasteiger partial charge >= 0.3 is 7.12 Å². The van der Waals surface area contributed by atoms with Crippen LogP contribution in [0, 0.1) is 11.8 Å². The first kappa shape index (κ1) is 19.1. The van der Waals surface area contributed by atoms with E-state index in [1.807, 2.05) is 18.2 Å². The second kappa shape index (κ2) is 7.13. The van der Waals surface area contributed by atoms with Gasteiger partial charge in [0.25, 0.3) is 0 Å². The third-order valence-electron chi connectivity index (χ3n) is 6.00. The predicted molar refractivity (Wildman–Crippen MR) is 104 cm³/mol. The SMILES string of the molecule is CC1CCCC(COc2cc(B3OC(C)(C)C(C)(C)O3)ccc2Cl)C1. The van der Waals surface area contributed by atoms with Crippen LogP contribution in [0.2, 0.25) is 5.02 Å². The minimum absolute atomic E-state index is 0.351. The molecule has 2 fully saturated rings. The topological polar surface area (TPSA) is 27.7 Å². The molecule has 1 aromatic rings. The summed E-state index contributed by atoms with van der Waals surface area (Å²) in [5, 5.41) is 0.643. The zero-order valence-corrected chi connectivity index (χ0v) is 16.9. The summed E-state index contributed by atoms with van der Waals surface area (Å²) in [6, 6.07) is 5.80. The van der Waals surface area contributed by atoms with E-state index in [1.54, 1.807) is 0 Å². The van der Waals surface area contributed by atoms with Crippen LogP contribution in [0.15, 0.2) is 18.2 Å². The number of rotatable bonds is 4. The zero-order chi connectivity index (χ0) is 18.2. The lowest BCUT2D eigenvalue weighted by Crippen LogP contribution is -2.41. The number of benzene rings is 1. The summed E-state index contributed by atoms with van der Waals surface area (Å²) in [4.78, 5) is 0. The predicted octanol–water partition coefficient (Wildman–Crippen LogP) is 4.84. The van der Waals surface area contributed by atoms with Crippen LogP contribution in [0.1, 0.15) is 60.3 Å². The lowest BCUT2D eigenvalue weighted by molar-refractivity contribution is 0.00578. The highest BCUT2D eigenvalue weighted by molar-refractivity contribution is 6.62. The van der Waals surface area contributed by atoms with E-state index in [2.05, 4.69) is 34.6 Å². The highest BCUT2D eigenvalue weighted by Gasteiger charge is 2.51. The van der Waals surface area contributed by atoms with Crippen LogP contribution in [-0.4, -0.2) is 24.9 Å². The zero-order valence-electron chi connectivity index (χ0n) is 16.1. The Labute approximate surface area is 157 Å². The van der Waals surface area contributed by atoms with E-state index in [9.17, 15) is 0 Å². The van der Waals surface area contributed by atoms with Crippen molar-refractivity contribution < 1.29 is 14.0 Å². The van der Waals surface area contributed by atoms with E-state index in [0.29, 0.717) is 10.9 Å². The molecule has 138 valence electrons. The van der Waals surface area contributed by atoms with Gasteiger partial charge < -0.3 is 14.0 Å². The van der Waals surface area contributed by atoms with Gasteiger partial charge in [-0.1, -0.05) is 37.4 Å². The largest absolute Gasteiger partial charge is 0.494 e. The second-order valence-corrected chi connectivity index (χ2v) is 9.13. The Morgan fingerprint density at radius 2 is 1.84 bits per heavy atom. The maximum atomic E-state index is 6.35. The lowest BCUT2D eigenvalue weighted by Gasteiger charge is -2.32. The van der Waals surface area contributed by atoms with Crippen LogP contribution in [0.5, 0.6) is 5.75 Å². The molecule has 0 radical (unpaired) electrons. The van der Waals surface area contributed by atoms with Crippen molar-refractivity contribution in [2.75, 3.05) is 6.61 Å².